The van der Waals surface area contributed by atoms with Crippen molar-refractivity contribution in [3.8, 4) is 17.1 Å². The first-order valence-electron chi connectivity index (χ1n) is 12.8. The third kappa shape index (κ3) is 7.93. The van der Waals surface area contributed by atoms with Crippen molar-refractivity contribution in [1.29, 1.82) is 0 Å². The Bertz CT molecular complexity index is 1340. The number of nitrogens with one attached hydrogen (secondary N) is 2. The standard InChI is InChI=1S/C29H35N5O4S/c1-18-9-7-10-19(2)26(18)23-14-25-32-27(31-23)33-39-22-12-8-11-20(13-22)24(35)17-34(6)16-21(37-25)15-30-28(36)38-29(3,4)5/h7-14,21H,15-17H2,1-6H3,(H,30,36)(H,31,32,33). The number of aryl methyl sites for hydroxylation is 2. The highest BCUT2D eigenvalue weighted by atomic mass is 32.2. The predicted octanol–water partition coefficient (Wildman–Crippen LogP) is 5.28. The number of hydrogen-bond donors (Lipinski definition) is 2. The number of carbonyl (C=O) groups excluding carboxylic acids is 2. The average molecular weight is 550 g/mol. The lowest BCUT2D eigenvalue weighted by Crippen LogP contribution is -2.44. The van der Waals surface area contributed by atoms with Crippen molar-refractivity contribution < 1.29 is 19.1 Å². The van der Waals surface area contributed by atoms with Crippen LogP contribution in [0.4, 0.5) is 10.7 Å². The summed E-state index contributed by atoms with van der Waals surface area (Å²) in [6, 6.07) is 15.4. The summed E-state index contributed by atoms with van der Waals surface area (Å²) in [6.45, 7) is 10.2. The van der Waals surface area contributed by atoms with Gasteiger partial charge >= 0.3 is 6.09 Å². The van der Waals surface area contributed by atoms with Gasteiger partial charge < -0.3 is 14.8 Å². The Labute approximate surface area is 233 Å². The minimum Gasteiger partial charge on any atom is -0.471 e. The molecule has 1 aliphatic heterocycles. The van der Waals surface area contributed by atoms with E-state index in [1.54, 1.807) is 6.07 Å². The summed E-state index contributed by atoms with van der Waals surface area (Å²) in [4.78, 5) is 37.5. The fourth-order valence-electron chi connectivity index (χ4n) is 4.29. The minimum atomic E-state index is -0.628. The number of aromatic nitrogens is 2. The fraction of sp³-hybridized carbons (Fsp3) is 0.379. The van der Waals surface area contributed by atoms with Crippen molar-refractivity contribution in [3.05, 3.63) is 65.2 Å². The number of hydrogen-bond acceptors (Lipinski definition) is 9. The maximum atomic E-state index is 13.0. The van der Waals surface area contributed by atoms with E-state index in [1.807, 2.05) is 89.0 Å². The molecule has 4 bridgehead atoms. The maximum absolute atomic E-state index is 13.0. The van der Waals surface area contributed by atoms with Gasteiger partial charge in [-0.1, -0.05) is 30.3 Å². The van der Waals surface area contributed by atoms with E-state index in [-0.39, 0.29) is 18.9 Å². The summed E-state index contributed by atoms with van der Waals surface area (Å²) in [5.41, 5.74) is 3.88. The van der Waals surface area contributed by atoms with E-state index in [1.165, 1.54) is 11.9 Å². The first-order valence-corrected chi connectivity index (χ1v) is 13.6. The quantitative estimate of drug-likeness (QED) is 0.422. The minimum absolute atomic E-state index is 0.0112. The molecule has 3 aromatic rings. The van der Waals surface area contributed by atoms with Crippen LogP contribution in [-0.2, 0) is 4.74 Å². The van der Waals surface area contributed by atoms with Crippen LogP contribution in [0.25, 0.3) is 11.3 Å². The topological polar surface area (TPSA) is 106 Å². The van der Waals surface area contributed by atoms with E-state index in [0.717, 1.165) is 27.3 Å². The van der Waals surface area contributed by atoms with Gasteiger partial charge in [-0.05, 0) is 76.9 Å². The Morgan fingerprint density at radius 3 is 2.59 bits per heavy atom. The van der Waals surface area contributed by atoms with E-state index in [9.17, 15) is 9.59 Å². The van der Waals surface area contributed by atoms with Crippen LogP contribution < -0.4 is 14.8 Å². The van der Waals surface area contributed by atoms with E-state index in [0.29, 0.717) is 23.9 Å². The van der Waals surface area contributed by atoms with Crippen LogP contribution in [-0.4, -0.2) is 65.1 Å². The molecule has 39 heavy (non-hydrogen) atoms. The third-order valence-corrected chi connectivity index (χ3v) is 6.72. The highest BCUT2D eigenvalue weighted by Gasteiger charge is 2.22. The van der Waals surface area contributed by atoms with Crippen molar-refractivity contribution in [2.45, 2.75) is 51.2 Å². The van der Waals surface area contributed by atoms with Crippen molar-refractivity contribution in [1.82, 2.24) is 20.2 Å². The Balaban J connectivity index is 1.71. The number of benzene rings is 2. The molecule has 1 aromatic heterocycles. The molecule has 1 atom stereocenters. The number of amides is 1. The molecule has 0 spiro atoms. The molecular weight excluding hydrogens is 514 g/mol. The number of carbonyl (C=O) groups is 2. The number of rotatable bonds is 3. The van der Waals surface area contributed by atoms with Gasteiger partial charge in [0, 0.05) is 28.6 Å². The van der Waals surface area contributed by atoms with E-state index in [4.69, 9.17) is 14.5 Å². The number of likely N-dealkylation sites (N-methyl/N-ethyl adjacent to an activating group) is 1. The van der Waals surface area contributed by atoms with Crippen molar-refractivity contribution in [2.24, 2.45) is 0 Å². The lowest BCUT2D eigenvalue weighted by Gasteiger charge is -2.26. The summed E-state index contributed by atoms with van der Waals surface area (Å²) in [7, 11) is 1.85. The molecule has 206 valence electrons. The molecule has 0 radical (unpaired) electrons. The lowest BCUT2D eigenvalue weighted by atomic mass is 10.00. The van der Waals surface area contributed by atoms with Crippen LogP contribution in [0.15, 0.2) is 53.4 Å². The SMILES string of the molecule is Cc1cccc(C)c1-c1cc2nc(n1)NSc1cccc(c1)C(=O)CN(C)CC(CNC(=O)OC(C)(C)C)O2. The van der Waals surface area contributed by atoms with E-state index < -0.39 is 17.8 Å². The third-order valence-electron chi connectivity index (χ3n) is 5.95. The summed E-state index contributed by atoms with van der Waals surface area (Å²) < 4.78 is 15.0. The monoisotopic (exact) mass is 549 g/mol. The first-order chi connectivity index (χ1) is 18.5. The number of ether oxygens (including phenoxy) is 2. The second-order valence-corrected chi connectivity index (χ2v) is 11.5. The molecule has 0 aliphatic carbocycles. The fourth-order valence-corrected chi connectivity index (χ4v) is 4.92. The maximum Gasteiger partial charge on any atom is 0.407 e. The molecule has 4 rings (SSSR count). The Morgan fingerprint density at radius 2 is 1.87 bits per heavy atom. The van der Waals surface area contributed by atoms with Crippen molar-refractivity contribution in [2.75, 3.05) is 31.4 Å². The molecule has 0 saturated carbocycles. The second kappa shape index (κ2) is 12.0. The zero-order valence-electron chi connectivity index (χ0n) is 23.2. The van der Waals surface area contributed by atoms with Gasteiger partial charge in [0.2, 0.25) is 11.8 Å². The molecule has 0 saturated heterocycles. The van der Waals surface area contributed by atoms with Crippen molar-refractivity contribution in [3.63, 3.8) is 0 Å². The Morgan fingerprint density at radius 1 is 1.15 bits per heavy atom. The second-order valence-electron chi connectivity index (χ2n) is 10.7. The van der Waals surface area contributed by atoms with Gasteiger partial charge in [-0.25, -0.2) is 9.78 Å². The number of anilines is 1. The largest absolute Gasteiger partial charge is 0.471 e. The summed E-state index contributed by atoms with van der Waals surface area (Å²) in [6.07, 6.45) is -1.07. The van der Waals surface area contributed by atoms with Crippen LogP contribution in [0.5, 0.6) is 5.88 Å². The van der Waals surface area contributed by atoms with Crippen LogP contribution in [0.1, 0.15) is 42.3 Å². The zero-order valence-corrected chi connectivity index (χ0v) is 24.0. The molecule has 2 aromatic carbocycles. The summed E-state index contributed by atoms with van der Waals surface area (Å²) in [5, 5.41) is 2.79. The van der Waals surface area contributed by atoms with Crippen LogP contribution >= 0.6 is 11.9 Å². The van der Waals surface area contributed by atoms with Gasteiger partial charge in [0.05, 0.1) is 18.8 Å². The van der Waals surface area contributed by atoms with E-state index >= 15 is 0 Å². The van der Waals surface area contributed by atoms with Gasteiger partial charge in [0.25, 0.3) is 0 Å². The van der Waals surface area contributed by atoms with Gasteiger partial charge in [0.15, 0.2) is 5.78 Å². The molecule has 0 fully saturated rings. The predicted molar refractivity (Wildman–Crippen MR) is 153 cm³/mol. The molecular formula is C29H35N5O4S. The van der Waals surface area contributed by atoms with Crippen molar-refractivity contribution >= 4 is 29.8 Å². The first kappa shape index (κ1) is 28.4. The Hall–Kier alpha value is -3.63. The van der Waals surface area contributed by atoms with Gasteiger partial charge in [-0.2, -0.15) is 4.98 Å². The summed E-state index contributed by atoms with van der Waals surface area (Å²) >= 11 is 1.32. The lowest BCUT2D eigenvalue weighted by molar-refractivity contribution is 0.0485. The van der Waals surface area contributed by atoms with Gasteiger partial charge in [-0.3, -0.25) is 14.4 Å². The number of nitrogens with zero attached hydrogens (tertiary/aromatic N) is 3. The molecule has 2 N–H and O–H groups in total. The number of alkyl carbamates (subject to hydrolysis) is 1. The zero-order chi connectivity index (χ0) is 28.2. The molecule has 1 amide bonds. The molecule has 10 heteroatoms. The number of Topliss-reactive ketones (excluding diaryl/α,β-unsaturated/α-hetero) is 1. The molecule has 1 unspecified atom stereocenters. The van der Waals surface area contributed by atoms with Crippen LogP contribution in [0.3, 0.4) is 0 Å². The molecule has 2 heterocycles. The Kier molecular flexibility index (Phi) is 8.76. The smallest absolute Gasteiger partial charge is 0.407 e. The number of ketones is 1. The molecule has 9 nitrogen and oxygen atoms in total. The van der Waals surface area contributed by atoms with Crippen LogP contribution in [0, 0.1) is 13.8 Å². The van der Waals surface area contributed by atoms with Crippen LogP contribution in [0.2, 0.25) is 0 Å². The highest BCUT2D eigenvalue weighted by Crippen LogP contribution is 2.30. The normalized spacial score (nSPS) is 16.5. The average Bonchev–Trinajstić information content (AvgIpc) is 2.84. The van der Waals surface area contributed by atoms with E-state index in [2.05, 4.69) is 15.0 Å². The van der Waals surface area contributed by atoms with Gasteiger partial charge in [0.1, 0.15) is 11.7 Å². The molecule has 1 aliphatic rings. The number of fused-ring (bicyclic) bond motifs is 4. The summed E-state index contributed by atoms with van der Waals surface area (Å²) in [5.74, 6) is 0.714. The highest BCUT2D eigenvalue weighted by molar-refractivity contribution is 8.00. The van der Waals surface area contributed by atoms with Gasteiger partial charge in [-0.15, -0.1) is 0 Å².